The fraction of sp³-hybridized carbons (Fsp3) is 0.500. The molecule has 1 aromatic heterocycles. The summed E-state index contributed by atoms with van der Waals surface area (Å²) in [6.45, 7) is 0.391. The topological polar surface area (TPSA) is 79.3 Å². The van der Waals surface area contributed by atoms with Gasteiger partial charge in [0.1, 0.15) is 10.7 Å². The van der Waals surface area contributed by atoms with Crippen LogP contribution in [0.4, 0.5) is 4.39 Å². The van der Waals surface area contributed by atoms with Crippen LogP contribution < -0.4 is 4.72 Å². The fourth-order valence-corrected chi connectivity index (χ4v) is 3.06. The number of thioether (sulfide) groups is 1. The van der Waals surface area contributed by atoms with Crippen molar-refractivity contribution in [1.82, 2.24) is 9.71 Å². The van der Waals surface area contributed by atoms with Gasteiger partial charge in [0, 0.05) is 25.1 Å². The Labute approximate surface area is 110 Å². The highest BCUT2D eigenvalue weighted by atomic mass is 32.2. The maximum atomic E-state index is 12.8. The van der Waals surface area contributed by atoms with Crippen molar-refractivity contribution in [2.45, 2.75) is 11.3 Å². The molecule has 0 aliphatic carbocycles. The van der Waals surface area contributed by atoms with E-state index < -0.39 is 15.8 Å². The first-order valence-electron chi connectivity index (χ1n) is 5.35. The first kappa shape index (κ1) is 15.4. The van der Waals surface area contributed by atoms with Crippen molar-refractivity contribution >= 4 is 21.8 Å². The summed E-state index contributed by atoms with van der Waals surface area (Å²) in [5, 5.41) is 8.56. The molecule has 0 aliphatic rings. The van der Waals surface area contributed by atoms with Gasteiger partial charge in [-0.25, -0.2) is 17.5 Å². The van der Waals surface area contributed by atoms with Gasteiger partial charge in [0.2, 0.25) is 10.0 Å². The Morgan fingerprint density at radius 2 is 2.17 bits per heavy atom. The molecule has 0 atom stereocenters. The van der Waals surface area contributed by atoms with E-state index in [1.807, 2.05) is 0 Å². The summed E-state index contributed by atoms with van der Waals surface area (Å²) in [4.78, 5) is 3.31. The van der Waals surface area contributed by atoms with Crippen LogP contribution in [0, 0.1) is 5.82 Å². The molecule has 8 heteroatoms. The van der Waals surface area contributed by atoms with Crippen molar-refractivity contribution in [2.24, 2.45) is 0 Å². The number of sulfonamides is 1. The lowest BCUT2D eigenvalue weighted by molar-refractivity contribution is 0.296. The highest BCUT2D eigenvalue weighted by Gasteiger charge is 2.14. The molecule has 0 fully saturated rings. The van der Waals surface area contributed by atoms with Gasteiger partial charge in [-0.15, -0.1) is 0 Å². The lowest BCUT2D eigenvalue weighted by Gasteiger charge is -2.06. The second-order valence-electron chi connectivity index (χ2n) is 3.43. The number of nitrogens with zero attached hydrogens (tertiary/aromatic N) is 1. The van der Waals surface area contributed by atoms with E-state index in [4.69, 9.17) is 5.11 Å². The molecule has 18 heavy (non-hydrogen) atoms. The monoisotopic (exact) mass is 294 g/mol. The van der Waals surface area contributed by atoms with Crippen molar-refractivity contribution < 1.29 is 17.9 Å². The first-order chi connectivity index (χ1) is 8.56. The zero-order valence-corrected chi connectivity index (χ0v) is 11.3. The summed E-state index contributed by atoms with van der Waals surface area (Å²) in [6, 6.07) is 0.925. The molecule has 0 spiro atoms. The maximum Gasteiger partial charge on any atom is 0.242 e. The third kappa shape index (κ3) is 5.30. The minimum Gasteiger partial charge on any atom is -0.396 e. The van der Waals surface area contributed by atoms with Gasteiger partial charge < -0.3 is 5.11 Å². The number of aliphatic hydroxyl groups excluding tert-OH is 1. The molecule has 0 aliphatic heterocycles. The predicted octanol–water partition coefficient (Wildman–Crippen LogP) is 0.615. The standard InChI is InChI=1S/C10H15FN2O3S2/c11-9-6-10(8-12-7-9)18(15,16)13-2-5-17-4-1-3-14/h6-8,13-14H,1-5H2. The van der Waals surface area contributed by atoms with Crippen molar-refractivity contribution in [3.8, 4) is 0 Å². The van der Waals surface area contributed by atoms with Crippen molar-refractivity contribution in [1.29, 1.82) is 0 Å². The summed E-state index contributed by atoms with van der Waals surface area (Å²) in [6.07, 6.45) is 2.74. The molecule has 1 aromatic rings. The second-order valence-corrected chi connectivity index (χ2v) is 6.42. The largest absolute Gasteiger partial charge is 0.396 e. The van der Waals surface area contributed by atoms with E-state index in [9.17, 15) is 12.8 Å². The quantitative estimate of drug-likeness (QED) is 0.687. The minimum absolute atomic E-state index is 0.133. The molecule has 1 heterocycles. The molecule has 0 saturated carbocycles. The van der Waals surface area contributed by atoms with Gasteiger partial charge >= 0.3 is 0 Å². The molecule has 1 rings (SSSR count). The molecular formula is C10H15FN2O3S2. The molecule has 0 aromatic carbocycles. The molecule has 0 radical (unpaired) electrons. The Balaban J connectivity index is 2.41. The number of rotatable bonds is 8. The molecule has 0 amide bonds. The SMILES string of the molecule is O=S(=O)(NCCSCCCO)c1cncc(F)c1. The highest BCUT2D eigenvalue weighted by Crippen LogP contribution is 2.08. The van der Waals surface area contributed by atoms with E-state index in [2.05, 4.69) is 9.71 Å². The number of hydrogen-bond donors (Lipinski definition) is 2. The summed E-state index contributed by atoms with van der Waals surface area (Å²) in [7, 11) is -3.69. The average Bonchev–Trinajstić information content (AvgIpc) is 2.33. The zero-order chi connectivity index (χ0) is 13.4. The van der Waals surface area contributed by atoms with Crippen molar-refractivity contribution in [2.75, 3.05) is 24.7 Å². The highest BCUT2D eigenvalue weighted by molar-refractivity contribution is 7.99. The number of nitrogens with one attached hydrogen (secondary N) is 1. The average molecular weight is 294 g/mol. The molecule has 5 nitrogen and oxygen atoms in total. The Kier molecular flexibility index (Phi) is 6.55. The molecule has 0 unspecified atom stereocenters. The molecule has 2 N–H and O–H groups in total. The molecule has 102 valence electrons. The van der Waals surface area contributed by atoms with Crippen molar-refractivity contribution in [3.05, 3.63) is 24.3 Å². The van der Waals surface area contributed by atoms with E-state index >= 15 is 0 Å². The number of hydrogen-bond acceptors (Lipinski definition) is 5. The van der Waals surface area contributed by atoms with Crippen LogP contribution in [0.1, 0.15) is 6.42 Å². The van der Waals surface area contributed by atoms with Crippen LogP contribution in [0.3, 0.4) is 0 Å². The van der Waals surface area contributed by atoms with Crippen LogP contribution in [0.5, 0.6) is 0 Å². The van der Waals surface area contributed by atoms with Gasteiger partial charge in [0.25, 0.3) is 0 Å². The number of halogens is 1. The van der Waals surface area contributed by atoms with Gasteiger partial charge in [0.05, 0.1) is 6.20 Å². The second kappa shape index (κ2) is 7.67. The van der Waals surface area contributed by atoms with E-state index in [1.165, 1.54) is 0 Å². The minimum atomic E-state index is -3.69. The fourth-order valence-electron chi connectivity index (χ4n) is 1.14. The van der Waals surface area contributed by atoms with Crippen LogP contribution in [-0.4, -0.2) is 43.2 Å². The van der Waals surface area contributed by atoms with Crippen LogP contribution in [0.15, 0.2) is 23.4 Å². The molecular weight excluding hydrogens is 279 g/mol. The zero-order valence-electron chi connectivity index (χ0n) is 9.67. The summed E-state index contributed by atoms with van der Waals surface area (Å²) in [5.74, 6) is 0.692. The Morgan fingerprint density at radius 1 is 1.39 bits per heavy atom. The van der Waals surface area contributed by atoms with Crippen LogP contribution in [0.25, 0.3) is 0 Å². The summed E-state index contributed by atoms with van der Waals surface area (Å²) >= 11 is 1.54. The van der Waals surface area contributed by atoms with Gasteiger partial charge in [-0.2, -0.15) is 11.8 Å². The third-order valence-corrected chi connectivity index (χ3v) is 4.47. The van der Waals surface area contributed by atoms with Crippen LogP contribution >= 0.6 is 11.8 Å². The van der Waals surface area contributed by atoms with E-state index in [0.29, 0.717) is 12.2 Å². The van der Waals surface area contributed by atoms with E-state index in [1.54, 1.807) is 11.8 Å². The van der Waals surface area contributed by atoms with Crippen molar-refractivity contribution in [3.63, 3.8) is 0 Å². The normalized spacial score (nSPS) is 11.7. The summed E-state index contributed by atoms with van der Waals surface area (Å²) < 4.78 is 38.6. The number of aliphatic hydroxyl groups is 1. The molecule has 0 bridgehead atoms. The van der Waals surface area contributed by atoms with Gasteiger partial charge in [-0.1, -0.05) is 0 Å². The van der Waals surface area contributed by atoms with Gasteiger partial charge in [0.15, 0.2) is 0 Å². The van der Waals surface area contributed by atoms with Gasteiger partial charge in [-0.05, 0) is 18.2 Å². The smallest absolute Gasteiger partial charge is 0.242 e. The number of pyridine rings is 1. The maximum absolute atomic E-state index is 12.8. The lowest BCUT2D eigenvalue weighted by atomic mass is 10.5. The summed E-state index contributed by atoms with van der Waals surface area (Å²) in [5.41, 5.74) is 0. The number of aromatic nitrogens is 1. The van der Waals surface area contributed by atoms with E-state index in [0.717, 1.165) is 24.2 Å². The predicted molar refractivity (Wildman–Crippen MR) is 68.4 cm³/mol. The van der Waals surface area contributed by atoms with Gasteiger partial charge in [-0.3, -0.25) is 4.98 Å². The lowest BCUT2D eigenvalue weighted by Crippen LogP contribution is -2.26. The van der Waals surface area contributed by atoms with Crippen LogP contribution in [0.2, 0.25) is 0 Å². The van der Waals surface area contributed by atoms with E-state index in [-0.39, 0.29) is 18.0 Å². The Hall–Kier alpha value is -0.700. The first-order valence-corrected chi connectivity index (χ1v) is 7.99. The van der Waals surface area contributed by atoms with Crippen LogP contribution in [-0.2, 0) is 10.0 Å². The molecule has 0 saturated heterocycles. The third-order valence-electron chi connectivity index (χ3n) is 1.98. The Morgan fingerprint density at radius 3 is 2.83 bits per heavy atom. The Bertz CT molecular complexity index is 468.